The van der Waals surface area contributed by atoms with Crippen molar-refractivity contribution >= 4 is 47.6 Å². The molecule has 1 aromatic carbocycles. The van der Waals surface area contributed by atoms with Gasteiger partial charge in [0.15, 0.2) is 0 Å². The molecule has 2 saturated heterocycles. The van der Waals surface area contributed by atoms with E-state index in [1.54, 1.807) is 24.3 Å². The fraction of sp³-hybridized carbons (Fsp3) is 0.200. The van der Waals surface area contributed by atoms with Crippen molar-refractivity contribution in [2.45, 2.75) is 13.8 Å². The third-order valence-electron chi connectivity index (χ3n) is 4.42. The number of amides is 6. The van der Waals surface area contributed by atoms with Gasteiger partial charge in [0.1, 0.15) is 24.5 Å². The van der Waals surface area contributed by atoms with Crippen LogP contribution in [0.4, 0.5) is 0 Å². The summed E-state index contributed by atoms with van der Waals surface area (Å²) in [5.41, 5.74) is 1.07. The summed E-state index contributed by atoms with van der Waals surface area (Å²) in [6.45, 7) is 1.76. The van der Waals surface area contributed by atoms with E-state index in [2.05, 4.69) is 10.6 Å². The van der Waals surface area contributed by atoms with Crippen LogP contribution in [0.1, 0.15) is 25.0 Å². The highest BCUT2D eigenvalue weighted by atomic mass is 16.2. The summed E-state index contributed by atoms with van der Waals surface area (Å²) in [7, 11) is 0. The Morgan fingerprint density at radius 3 is 1.37 bits per heavy atom. The number of hydrogen-bond donors (Lipinski definition) is 2. The smallest absolute Gasteiger partial charge is 0.277 e. The Labute approximate surface area is 171 Å². The lowest BCUT2D eigenvalue weighted by Crippen LogP contribution is -2.51. The van der Waals surface area contributed by atoms with Gasteiger partial charge in [0.25, 0.3) is 11.8 Å². The lowest BCUT2D eigenvalue weighted by molar-refractivity contribution is -0.147. The highest BCUT2D eigenvalue weighted by Gasteiger charge is 2.31. The number of carbonyl (C=O) groups excluding carboxylic acids is 6. The van der Waals surface area contributed by atoms with E-state index in [0.29, 0.717) is 11.1 Å². The molecule has 0 bridgehead atoms. The Bertz CT molecular complexity index is 955. The molecular weight excluding hydrogens is 392 g/mol. The van der Waals surface area contributed by atoms with Crippen molar-refractivity contribution in [3.8, 4) is 0 Å². The van der Waals surface area contributed by atoms with Crippen molar-refractivity contribution in [2.75, 3.05) is 13.1 Å². The maximum absolute atomic E-state index is 12.3. The minimum atomic E-state index is -0.604. The third-order valence-corrected chi connectivity index (χ3v) is 4.42. The second kappa shape index (κ2) is 8.11. The third kappa shape index (κ3) is 4.32. The molecule has 0 spiro atoms. The summed E-state index contributed by atoms with van der Waals surface area (Å²) >= 11 is 0. The van der Waals surface area contributed by atoms with Crippen LogP contribution >= 0.6 is 0 Å². The zero-order valence-electron chi connectivity index (χ0n) is 16.2. The second-order valence-corrected chi connectivity index (χ2v) is 6.70. The first-order chi connectivity index (χ1) is 14.2. The molecular formula is C20H18N4O6. The van der Waals surface area contributed by atoms with Crippen molar-refractivity contribution in [1.29, 1.82) is 0 Å². The Balaban J connectivity index is 1.83. The maximum Gasteiger partial charge on any atom is 0.277 e. The van der Waals surface area contributed by atoms with Crippen LogP contribution < -0.4 is 10.6 Å². The topological polar surface area (TPSA) is 133 Å². The average Bonchev–Trinajstić information content (AvgIpc) is 2.68. The molecule has 2 N–H and O–H groups in total. The van der Waals surface area contributed by atoms with Gasteiger partial charge in [-0.2, -0.15) is 0 Å². The minimum absolute atomic E-state index is 0.0284. The molecule has 0 radical (unpaired) electrons. The molecule has 10 heteroatoms. The number of carbonyl (C=O) groups is 6. The van der Waals surface area contributed by atoms with Crippen LogP contribution in [-0.2, 0) is 28.8 Å². The summed E-state index contributed by atoms with van der Waals surface area (Å²) in [6, 6.07) is 6.51. The van der Waals surface area contributed by atoms with Gasteiger partial charge < -0.3 is 10.6 Å². The van der Waals surface area contributed by atoms with Gasteiger partial charge in [0, 0.05) is 13.8 Å². The predicted molar refractivity (Wildman–Crippen MR) is 103 cm³/mol. The standard InChI is InChI=1S/C20H18N4O6/c1-11(25)23-9-17(27)21-15(19(23)29)7-13-3-5-14(6-4-13)8-16-20(30)24(12(2)26)10-18(28)22-16/h3-8H,9-10H2,1-2H3,(H,21,27)(H,22,28)/b15-7-,16-8-. The first kappa shape index (κ1) is 20.6. The van der Waals surface area contributed by atoms with Gasteiger partial charge in [-0.25, -0.2) is 0 Å². The molecule has 10 nitrogen and oxygen atoms in total. The van der Waals surface area contributed by atoms with Crippen LogP contribution in [0.5, 0.6) is 0 Å². The molecule has 0 aliphatic carbocycles. The predicted octanol–water partition coefficient (Wildman–Crippen LogP) is -0.622. The highest BCUT2D eigenvalue weighted by molar-refractivity contribution is 6.13. The molecule has 2 aliphatic rings. The van der Waals surface area contributed by atoms with Gasteiger partial charge >= 0.3 is 0 Å². The van der Waals surface area contributed by atoms with Crippen molar-refractivity contribution in [1.82, 2.24) is 20.4 Å². The largest absolute Gasteiger partial charge is 0.320 e. The monoisotopic (exact) mass is 410 g/mol. The number of nitrogens with zero attached hydrogens (tertiary/aromatic N) is 2. The molecule has 1 aromatic rings. The van der Waals surface area contributed by atoms with Gasteiger partial charge in [0.05, 0.1) is 0 Å². The van der Waals surface area contributed by atoms with E-state index in [-0.39, 0.29) is 24.5 Å². The molecule has 0 saturated carbocycles. The number of benzene rings is 1. The zero-order chi connectivity index (χ0) is 22.0. The van der Waals surface area contributed by atoms with E-state index in [4.69, 9.17) is 0 Å². The summed E-state index contributed by atoms with van der Waals surface area (Å²) < 4.78 is 0. The molecule has 0 aromatic heterocycles. The number of imide groups is 2. The van der Waals surface area contributed by atoms with Gasteiger partial charge in [-0.3, -0.25) is 38.6 Å². The van der Waals surface area contributed by atoms with Crippen molar-refractivity contribution in [2.24, 2.45) is 0 Å². The van der Waals surface area contributed by atoms with Gasteiger partial charge in [0.2, 0.25) is 23.6 Å². The van der Waals surface area contributed by atoms with Gasteiger partial charge in [-0.1, -0.05) is 24.3 Å². The molecule has 0 unspecified atom stereocenters. The summed E-state index contributed by atoms with van der Waals surface area (Å²) in [4.78, 5) is 72.8. The van der Waals surface area contributed by atoms with Crippen molar-refractivity contribution in [3.63, 3.8) is 0 Å². The molecule has 30 heavy (non-hydrogen) atoms. The molecule has 2 fully saturated rings. The van der Waals surface area contributed by atoms with E-state index in [1.807, 2.05) is 0 Å². The van der Waals surface area contributed by atoms with Gasteiger partial charge in [-0.15, -0.1) is 0 Å². The normalized spacial score (nSPS) is 19.8. The van der Waals surface area contributed by atoms with Crippen LogP contribution in [0.2, 0.25) is 0 Å². The zero-order valence-corrected chi connectivity index (χ0v) is 16.2. The number of hydrogen-bond acceptors (Lipinski definition) is 6. The number of piperazine rings is 2. The van der Waals surface area contributed by atoms with Crippen LogP contribution in [-0.4, -0.2) is 58.3 Å². The molecule has 2 heterocycles. The maximum atomic E-state index is 12.3. The highest BCUT2D eigenvalue weighted by Crippen LogP contribution is 2.16. The van der Waals surface area contributed by atoms with Crippen molar-refractivity contribution in [3.05, 3.63) is 46.8 Å². The fourth-order valence-electron chi connectivity index (χ4n) is 2.93. The molecule has 3 rings (SSSR count). The average molecular weight is 410 g/mol. The van der Waals surface area contributed by atoms with Crippen LogP contribution in [0.25, 0.3) is 12.2 Å². The number of nitrogens with one attached hydrogen (secondary N) is 2. The number of rotatable bonds is 2. The van der Waals surface area contributed by atoms with Crippen molar-refractivity contribution < 1.29 is 28.8 Å². The Morgan fingerprint density at radius 1 is 0.733 bits per heavy atom. The summed E-state index contributed by atoms with van der Waals surface area (Å²) in [5, 5.41) is 4.89. The minimum Gasteiger partial charge on any atom is -0.320 e. The van der Waals surface area contributed by atoms with E-state index >= 15 is 0 Å². The molecule has 0 atom stereocenters. The van der Waals surface area contributed by atoms with E-state index < -0.39 is 35.4 Å². The summed E-state index contributed by atoms with van der Waals surface area (Å²) in [6.07, 6.45) is 2.86. The second-order valence-electron chi connectivity index (χ2n) is 6.70. The molecule has 154 valence electrons. The lowest BCUT2D eigenvalue weighted by Gasteiger charge is -2.25. The molecule has 6 amide bonds. The first-order valence-electron chi connectivity index (χ1n) is 8.93. The lowest BCUT2D eigenvalue weighted by atomic mass is 10.1. The van der Waals surface area contributed by atoms with E-state index in [9.17, 15) is 28.8 Å². The van der Waals surface area contributed by atoms with Crippen LogP contribution in [0.3, 0.4) is 0 Å². The first-order valence-corrected chi connectivity index (χ1v) is 8.93. The van der Waals surface area contributed by atoms with Gasteiger partial charge in [-0.05, 0) is 23.3 Å². The Hall–Kier alpha value is -4.08. The SMILES string of the molecule is CC(=O)N1CC(=O)N/C(=C\c2ccc(/C=C3\NC(=O)CN(C(C)=O)C3=O)cc2)C1=O. The van der Waals surface area contributed by atoms with E-state index in [1.165, 1.54) is 26.0 Å². The van der Waals surface area contributed by atoms with E-state index in [0.717, 1.165) is 9.80 Å². The summed E-state index contributed by atoms with van der Waals surface area (Å²) in [5.74, 6) is -3.21. The fourth-order valence-corrected chi connectivity index (χ4v) is 2.93. The van der Waals surface area contributed by atoms with Crippen LogP contribution in [0, 0.1) is 0 Å². The van der Waals surface area contributed by atoms with Crippen LogP contribution in [0.15, 0.2) is 35.7 Å². The Morgan fingerprint density at radius 2 is 1.07 bits per heavy atom. The molecule has 2 aliphatic heterocycles. The Kier molecular flexibility index (Phi) is 5.58. The quantitative estimate of drug-likeness (QED) is 0.625.